The fourth-order valence-electron chi connectivity index (χ4n) is 3.64. The van der Waals surface area contributed by atoms with Gasteiger partial charge in [-0.05, 0) is 48.0 Å². The van der Waals surface area contributed by atoms with E-state index in [2.05, 4.69) is 31.7 Å². The quantitative estimate of drug-likeness (QED) is 0.326. The number of fused-ring (bicyclic) bond motifs is 2. The fraction of sp³-hybridized carbons (Fsp3) is 0.160. The average Bonchev–Trinajstić information content (AvgIpc) is 3.28. The van der Waals surface area contributed by atoms with Crippen LogP contribution in [0.2, 0.25) is 0 Å². The number of anilines is 1. The van der Waals surface area contributed by atoms with Crippen molar-refractivity contribution in [3.63, 3.8) is 0 Å². The van der Waals surface area contributed by atoms with E-state index in [-0.39, 0.29) is 18.7 Å². The van der Waals surface area contributed by atoms with Crippen molar-refractivity contribution >= 4 is 33.7 Å². The molecular weight excluding hydrogens is 451 g/mol. The van der Waals surface area contributed by atoms with E-state index < -0.39 is 11.8 Å². The molecule has 35 heavy (non-hydrogen) atoms. The molecule has 0 unspecified atom stereocenters. The number of pyridine rings is 2. The molecule has 0 aliphatic carbocycles. The molecule has 3 heterocycles. The minimum atomic E-state index is -0.942. The summed E-state index contributed by atoms with van der Waals surface area (Å²) in [5, 5.41) is 28.0. The zero-order chi connectivity index (χ0) is 24.8. The van der Waals surface area contributed by atoms with E-state index in [0.717, 1.165) is 23.6 Å². The Balaban J connectivity index is 0.00000141. The summed E-state index contributed by atoms with van der Waals surface area (Å²) in [6.45, 7) is 0.629. The molecule has 0 aliphatic heterocycles. The Kier molecular flexibility index (Phi) is 7.22. The summed E-state index contributed by atoms with van der Waals surface area (Å²) in [6, 6.07) is 18.2. The van der Waals surface area contributed by atoms with Crippen LogP contribution in [0.25, 0.3) is 33.3 Å². The first-order valence-corrected chi connectivity index (χ1v) is 10.8. The van der Waals surface area contributed by atoms with Gasteiger partial charge in [0.25, 0.3) is 0 Å². The van der Waals surface area contributed by atoms with Crippen molar-refractivity contribution in [1.82, 2.24) is 25.0 Å². The van der Waals surface area contributed by atoms with Gasteiger partial charge in [-0.2, -0.15) is 0 Å². The van der Waals surface area contributed by atoms with Gasteiger partial charge >= 0.3 is 5.97 Å². The minimum Gasteiger partial charge on any atom is -0.481 e. The normalized spacial score (nSPS) is 10.7. The molecule has 0 saturated carbocycles. The highest BCUT2D eigenvalue weighted by molar-refractivity contribution is 5.79. The lowest BCUT2D eigenvalue weighted by atomic mass is 10.1. The molecule has 0 radical (unpaired) electrons. The number of carboxylic acids is 1. The second-order valence-electron chi connectivity index (χ2n) is 7.58. The lowest BCUT2D eigenvalue weighted by Crippen LogP contribution is -2.08. The van der Waals surface area contributed by atoms with Crippen LogP contribution in [0.4, 0.5) is 10.1 Å². The summed E-state index contributed by atoms with van der Waals surface area (Å²) in [6.07, 6.45) is 1.67. The number of aliphatic hydroxyl groups is 1. The van der Waals surface area contributed by atoms with Crippen LogP contribution in [0.15, 0.2) is 66.9 Å². The van der Waals surface area contributed by atoms with E-state index in [0.29, 0.717) is 29.0 Å². The van der Waals surface area contributed by atoms with E-state index in [4.69, 9.17) is 10.2 Å². The van der Waals surface area contributed by atoms with Gasteiger partial charge in [-0.15, -0.1) is 5.10 Å². The number of nitrogens with one attached hydrogen (secondary N) is 1. The highest BCUT2D eigenvalue weighted by Gasteiger charge is 2.12. The number of carbonyl (C=O) groups is 1. The molecule has 178 valence electrons. The molecule has 5 rings (SSSR count). The number of benzene rings is 2. The van der Waals surface area contributed by atoms with Crippen LogP contribution < -0.4 is 5.32 Å². The molecule has 2 aromatic carbocycles. The fourth-order valence-corrected chi connectivity index (χ4v) is 3.64. The molecule has 5 aromatic rings. The summed E-state index contributed by atoms with van der Waals surface area (Å²) >= 11 is 0. The van der Waals surface area contributed by atoms with E-state index >= 15 is 0 Å². The molecule has 0 bridgehead atoms. The number of hydrogen-bond donors (Lipinski definition) is 3. The maximum atomic E-state index is 14.5. The Morgan fingerprint density at radius 3 is 2.69 bits per heavy atom. The summed E-state index contributed by atoms with van der Waals surface area (Å²) < 4.78 is 16.3. The van der Waals surface area contributed by atoms with Crippen molar-refractivity contribution in [1.29, 1.82) is 0 Å². The number of rotatable bonds is 7. The molecule has 0 amide bonds. The smallest absolute Gasteiger partial charge is 0.305 e. The number of halogens is 1. The van der Waals surface area contributed by atoms with Crippen LogP contribution in [0, 0.1) is 5.82 Å². The predicted octanol–water partition coefficient (Wildman–Crippen LogP) is 3.72. The number of aliphatic hydroxyl groups excluding tert-OH is 1. The van der Waals surface area contributed by atoms with Crippen LogP contribution in [0.1, 0.15) is 12.0 Å². The molecule has 0 spiro atoms. The molecular formula is C25H23FN6O3. The number of aliphatic carboxylic acids is 1. The number of aromatic nitrogens is 5. The number of carboxylic acid groups (broad SMARTS) is 1. The van der Waals surface area contributed by atoms with Crippen molar-refractivity contribution < 1.29 is 19.4 Å². The summed E-state index contributed by atoms with van der Waals surface area (Å²) in [7, 11) is 1.00. The van der Waals surface area contributed by atoms with E-state index in [1.807, 2.05) is 30.3 Å². The van der Waals surface area contributed by atoms with Gasteiger partial charge in [-0.1, -0.05) is 23.4 Å². The van der Waals surface area contributed by atoms with Crippen LogP contribution in [0.3, 0.4) is 0 Å². The van der Waals surface area contributed by atoms with Gasteiger partial charge in [0.05, 0.1) is 29.9 Å². The van der Waals surface area contributed by atoms with Gasteiger partial charge in [0, 0.05) is 30.8 Å². The monoisotopic (exact) mass is 474 g/mol. The van der Waals surface area contributed by atoms with Gasteiger partial charge in [0.15, 0.2) is 5.65 Å². The Labute approximate surface area is 199 Å². The van der Waals surface area contributed by atoms with E-state index in [9.17, 15) is 9.18 Å². The lowest BCUT2D eigenvalue weighted by Gasteiger charge is -2.09. The first-order valence-electron chi connectivity index (χ1n) is 10.8. The molecule has 0 aliphatic rings. The lowest BCUT2D eigenvalue weighted by molar-refractivity contribution is -0.136. The van der Waals surface area contributed by atoms with Crippen LogP contribution in [-0.2, 0) is 11.3 Å². The molecule has 3 aromatic heterocycles. The number of hydrogen-bond acceptors (Lipinski definition) is 7. The summed E-state index contributed by atoms with van der Waals surface area (Å²) in [5.74, 6) is -1.42. The Morgan fingerprint density at radius 2 is 1.89 bits per heavy atom. The van der Waals surface area contributed by atoms with E-state index in [1.54, 1.807) is 29.1 Å². The maximum absolute atomic E-state index is 14.5. The zero-order valence-corrected chi connectivity index (χ0v) is 18.9. The highest BCUT2D eigenvalue weighted by atomic mass is 19.1. The second-order valence-corrected chi connectivity index (χ2v) is 7.58. The molecule has 0 saturated heterocycles. The Morgan fingerprint density at radius 1 is 1.06 bits per heavy atom. The van der Waals surface area contributed by atoms with Gasteiger partial charge in [0.2, 0.25) is 0 Å². The second kappa shape index (κ2) is 10.7. The third-order valence-electron chi connectivity index (χ3n) is 5.28. The van der Waals surface area contributed by atoms with Crippen molar-refractivity contribution in [2.75, 3.05) is 19.0 Å². The van der Waals surface area contributed by atoms with Crippen LogP contribution in [0.5, 0.6) is 0 Å². The van der Waals surface area contributed by atoms with Crippen molar-refractivity contribution in [2.45, 2.75) is 13.0 Å². The van der Waals surface area contributed by atoms with Gasteiger partial charge < -0.3 is 15.5 Å². The molecule has 0 fully saturated rings. The predicted molar refractivity (Wildman–Crippen MR) is 130 cm³/mol. The summed E-state index contributed by atoms with van der Waals surface area (Å²) in [4.78, 5) is 19.7. The molecule has 3 N–H and O–H groups in total. The zero-order valence-electron chi connectivity index (χ0n) is 18.9. The minimum absolute atomic E-state index is 0.0931. The summed E-state index contributed by atoms with van der Waals surface area (Å²) in [5.41, 5.74) is 4.65. The molecule has 0 atom stereocenters. The average molecular weight is 474 g/mol. The first kappa shape index (κ1) is 23.7. The van der Waals surface area contributed by atoms with Crippen molar-refractivity contribution in [3.05, 3.63) is 78.2 Å². The Bertz CT molecular complexity index is 1490. The number of nitrogens with zero attached hydrogens (tertiary/aromatic N) is 5. The highest BCUT2D eigenvalue weighted by Crippen LogP contribution is 2.25. The first-order chi connectivity index (χ1) is 17.1. The Hall–Kier alpha value is -4.44. The van der Waals surface area contributed by atoms with Crippen LogP contribution in [-0.4, -0.2) is 54.8 Å². The van der Waals surface area contributed by atoms with Gasteiger partial charge in [-0.25, -0.2) is 14.1 Å². The third kappa shape index (κ3) is 5.39. The van der Waals surface area contributed by atoms with E-state index in [1.165, 1.54) is 6.07 Å². The standard InChI is InChI=1S/C24H19FN6O2.CH4O/c25-18-13-17(4-6-21(18)27-11-9-23(32)33)20-7-8-22-24(28-20)31(30-29-22)14-15-3-5-19-16(12-15)2-1-10-26-19;1-2/h1-8,10,12-13,27H,9,11,14H2,(H,32,33);2H,1H3. The molecule has 9 nitrogen and oxygen atoms in total. The van der Waals surface area contributed by atoms with Crippen LogP contribution >= 0.6 is 0 Å². The molecule has 10 heteroatoms. The third-order valence-corrected chi connectivity index (χ3v) is 5.28. The largest absolute Gasteiger partial charge is 0.481 e. The SMILES string of the molecule is CO.O=C(O)CCNc1ccc(-c2ccc3nnn(Cc4ccc5ncccc5c4)c3n2)cc1F. The topological polar surface area (TPSA) is 126 Å². The van der Waals surface area contributed by atoms with Gasteiger partial charge in [-0.3, -0.25) is 9.78 Å². The van der Waals surface area contributed by atoms with Crippen molar-refractivity contribution in [3.8, 4) is 11.3 Å². The van der Waals surface area contributed by atoms with Gasteiger partial charge in [0.1, 0.15) is 11.3 Å². The van der Waals surface area contributed by atoms with Crippen molar-refractivity contribution in [2.24, 2.45) is 0 Å². The maximum Gasteiger partial charge on any atom is 0.305 e.